The summed E-state index contributed by atoms with van der Waals surface area (Å²) >= 11 is 1.67. The molecule has 0 saturated carbocycles. The van der Waals surface area contributed by atoms with Crippen molar-refractivity contribution in [3.63, 3.8) is 0 Å². The number of aromatic nitrogens is 2. The van der Waals surface area contributed by atoms with Crippen LogP contribution in [0.15, 0.2) is 40.0 Å². The van der Waals surface area contributed by atoms with Crippen molar-refractivity contribution >= 4 is 11.8 Å². The molecule has 0 N–H and O–H groups in total. The Labute approximate surface area is 150 Å². The molecule has 1 heterocycles. The minimum atomic E-state index is 0.612. The third-order valence-electron chi connectivity index (χ3n) is 4.15. The standard InChI is InChI=1S/C20H30N2OS/c1-2-3-4-5-6-7-8-9-10-14-17-24-20-22-21-19(23-20)18-15-12-11-13-16-18/h11-13,15-16H,2-10,14,17H2,1H3. The molecule has 0 amide bonds. The first kappa shape index (κ1) is 19.0. The quantitative estimate of drug-likeness (QED) is 0.297. The van der Waals surface area contributed by atoms with E-state index < -0.39 is 0 Å². The molecule has 1 aromatic heterocycles. The van der Waals surface area contributed by atoms with Crippen molar-refractivity contribution in [2.75, 3.05) is 5.75 Å². The van der Waals surface area contributed by atoms with Crippen molar-refractivity contribution in [3.8, 4) is 11.5 Å². The van der Waals surface area contributed by atoms with Crippen LogP contribution in [-0.2, 0) is 0 Å². The Morgan fingerprint density at radius 3 is 2.08 bits per heavy atom. The Morgan fingerprint density at radius 2 is 1.42 bits per heavy atom. The molecule has 0 aliphatic heterocycles. The highest BCUT2D eigenvalue weighted by Gasteiger charge is 2.08. The fraction of sp³-hybridized carbons (Fsp3) is 0.600. The summed E-state index contributed by atoms with van der Waals surface area (Å²) in [5.74, 6) is 1.67. The van der Waals surface area contributed by atoms with Crippen molar-refractivity contribution in [1.29, 1.82) is 0 Å². The lowest BCUT2D eigenvalue weighted by Gasteiger charge is -2.01. The minimum Gasteiger partial charge on any atom is -0.411 e. The monoisotopic (exact) mass is 346 g/mol. The van der Waals surface area contributed by atoms with E-state index in [1.165, 1.54) is 64.2 Å². The second-order valence-corrected chi connectivity index (χ2v) is 7.32. The SMILES string of the molecule is CCCCCCCCCCCCSc1nnc(-c2ccccc2)o1. The maximum absolute atomic E-state index is 5.70. The van der Waals surface area contributed by atoms with E-state index >= 15 is 0 Å². The summed E-state index contributed by atoms with van der Waals surface area (Å²) in [6.45, 7) is 2.27. The van der Waals surface area contributed by atoms with Crippen LogP contribution in [0.3, 0.4) is 0 Å². The highest BCUT2D eigenvalue weighted by molar-refractivity contribution is 7.99. The Morgan fingerprint density at radius 1 is 0.792 bits per heavy atom. The largest absolute Gasteiger partial charge is 0.411 e. The van der Waals surface area contributed by atoms with Crippen molar-refractivity contribution in [1.82, 2.24) is 10.2 Å². The van der Waals surface area contributed by atoms with Crippen LogP contribution in [0.1, 0.15) is 71.1 Å². The zero-order chi connectivity index (χ0) is 16.9. The van der Waals surface area contributed by atoms with Crippen LogP contribution in [-0.4, -0.2) is 16.0 Å². The van der Waals surface area contributed by atoms with Crippen molar-refractivity contribution in [3.05, 3.63) is 30.3 Å². The summed E-state index contributed by atoms with van der Waals surface area (Å²) in [7, 11) is 0. The molecule has 0 aliphatic rings. The Bertz CT molecular complexity index is 542. The van der Waals surface area contributed by atoms with Gasteiger partial charge >= 0.3 is 0 Å². The van der Waals surface area contributed by atoms with Crippen LogP contribution in [0.4, 0.5) is 0 Å². The van der Waals surface area contributed by atoms with Gasteiger partial charge in [0, 0.05) is 11.3 Å². The minimum absolute atomic E-state index is 0.612. The van der Waals surface area contributed by atoms with Gasteiger partial charge in [0.2, 0.25) is 5.89 Å². The smallest absolute Gasteiger partial charge is 0.276 e. The first-order valence-electron chi connectivity index (χ1n) is 9.42. The zero-order valence-corrected chi connectivity index (χ0v) is 15.7. The molecule has 0 bridgehead atoms. The molecule has 2 rings (SSSR count). The number of benzene rings is 1. The molecular formula is C20H30N2OS. The molecule has 0 fully saturated rings. The van der Waals surface area contributed by atoms with Gasteiger partial charge in [-0.2, -0.15) is 0 Å². The molecule has 3 nitrogen and oxygen atoms in total. The topological polar surface area (TPSA) is 38.9 Å². The highest BCUT2D eigenvalue weighted by Crippen LogP contribution is 2.23. The normalized spacial score (nSPS) is 11.0. The second-order valence-electron chi connectivity index (χ2n) is 6.27. The molecule has 24 heavy (non-hydrogen) atoms. The van der Waals surface area contributed by atoms with Crippen LogP contribution >= 0.6 is 11.8 Å². The van der Waals surface area contributed by atoms with Gasteiger partial charge in [-0.05, 0) is 18.6 Å². The number of rotatable bonds is 13. The molecule has 0 aliphatic carbocycles. The van der Waals surface area contributed by atoms with Gasteiger partial charge in [-0.15, -0.1) is 10.2 Å². The molecule has 132 valence electrons. The van der Waals surface area contributed by atoms with E-state index in [1.807, 2.05) is 30.3 Å². The molecule has 0 radical (unpaired) electrons. The van der Waals surface area contributed by atoms with Gasteiger partial charge in [0.25, 0.3) is 5.22 Å². The maximum atomic E-state index is 5.70. The molecule has 0 unspecified atom stereocenters. The predicted octanol–water partition coefficient (Wildman–Crippen LogP) is 6.75. The van der Waals surface area contributed by atoms with Crippen LogP contribution < -0.4 is 0 Å². The molecule has 0 atom stereocenters. The number of thioether (sulfide) groups is 1. The van der Waals surface area contributed by atoms with Crippen molar-refractivity contribution in [2.24, 2.45) is 0 Å². The highest BCUT2D eigenvalue weighted by atomic mass is 32.2. The second kappa shape index (κ2) is 12.1. The summed E-state index contributed by atoms with van der Waals surface area (Å²) in [5, 5.41) is 8.93. The lowest BCUT2D eigenvalue weighted by Crippen LogP contribution is -1.84. The summed E-state index contributed by atoms with van der Waals surface area (Å²) in [4.78, 5) is 0. The van der Waals surface area contributed by atoms with E-state index in [0.29, 0.717) is 11.1 Å². The van der Waals surface area contributed by atoms with Gasteiger partial charge in [-0.3, -0.25) is 0 Å². The van der Waals surface area contributed by atoms with Gasteiger partial charge < -0.3 is 4.42 Å². The average molecular weight is 347 g/mol. The average Bonchev–Trinajstić information content (AvgIpc) is 3.09. The van der Waals surface area contributed by atoms with E-state index in [9.17, 15) is 0 Å². The first-order chi connectivity index (χ1) is 11.9. The third-order valence-corrected chi connectivity index (χ3v) is 5.06. The zero-order valence-electron chi connectivity index (χ0n) is 14.9. The molecular weight excluding hydrogens is 316 g/mol. The van der Waals surface area contributed by atoms with E-state index in [0.717, 1.165) is 11.3 Å². The van der Waals surface area contributed by atoms with Gasteiger partial charge in [-0.25, -0.2) is 0 Å². The fourth-order valence-corrected chi connectivity index (χ4v) is 3.47. The predicted molar refractivity (Wildman–Crippen MR) is 102 cm³/mol. The van der Waals surface area contributed by atoms with E-state index in [4.69, 9.17) is 4.42 Å². The van der Waals surface area contributed by atoms with E-state index in [1.54, 1.807) is 11.8 Å². The van der Waals surface area contributed by atoms with Crippen LogP contribution in [0, 0.1) is 0 Å². The van der Waals surface area contributed by atoms with Crippen molar-refractivity contribution in [2.45, 2.75) is 76.4 Å². The van der Waals surface area contributed by atoms with Gasteiger partial charge in [-0.1, -0.05) is 94.7 Å². The summed E-state index contributed by atoms with van der Waals surface area (Å²) in [6, 6.07) is 9.93. The molecule has 0 spiro atoms. The lowest BCUT2D eigenvalue weighted by molar-refractivity contribution is 0.465. The van der Waals surface area contributed by atoms with Crippen LogP contribution in [0.2, 0.25) is 0 Å². The Hall–Kier alpha value is -1.29. The van der Waals surface area contributed by atoms with Crippen LogP contribution in [0.25, 0.3) is 11.5 Å². The number of hydrogen-bond acceptors (Lipinski definition) is 4. The Kier molecular flexibility index (Phi) is 9.62. The summed E-state index contributed by atoms with van der Waals surface area (Å²) in [5.41, 5.74) is 0.982. The van der Waals surface area contributed by atoms with E-state index in [2.05, 4.69) is 17.1 Å². The van der Waals surface area contributed by atoms with Gasteiger partial charge in [0.1, 0.15) is 0 Å². The summed E-state index contributed by atoms with van der Waals surface area (Å²) in [6.07, 6.45) is 13.7. The molecule has 2 aromatic rings. The maximum Gasteiger partial charge on any atom is 0.276 e. The van der Waals surface area contributed by atoms with E-state index in [-0.39, 0.29) is 0 Å². The van der Waals surface area contributed by atoms with Gasteiger partial charge in [0.05, 0.1) is 0 Å². The summed E-state index contributed by atoms with van der Waals surface area (Å²) < 4.78 is 5.70. The fourth-order valence-electron chi connectivity index (χ4n) is 2.71. The molecule has 0 saturated heterocycles. The number of unbranched alkanes of at least 4 members (excludes halogenated alkanes) is 9. The number of nitrogens with zero attached hydrogens (tertiary/aromatic N) is 2. The molecule has 4 heteroatoms. The first-order valence-corrected chi connectivity index (χ1v) is 10.4. The number of hydrogen-bond donors (Lipinski definition) is 0. The molecule has 1 aromatic carbocycles. The van der Waals surface area contributed by atoms with Crippen LogP contribution in [0.5, 0.6) is 0 Å². The van der Waals surface area contributed by atoms with Crippen molar-refractivity contribution < 1.29 is 4.42 Å². The van der Waals surface area contributed by atoms with Gasteiger partial charge in [0.15, 0.2) is 0 Å². The Balaban J connectivity index is 1.49. The third kappa shape index (κ3) is 7.52. The lowest BCUT2D eigenvalue weighted by atomic mass is 10.1.